The number of hydrogen-bond donors (Lipinski definition) is 2. The zero-order chi connectivity index (χ0) is 12.4. The van der Waals surface area contributed by atoms with Crippen LogP contribution in [0.1, 0.15) is 58.3 Å². The molecule has 1 spiro atoms. The maximum atomic E-state index is 10.3. The summed E-state index contributed by atoms with van der Waals surface area (Å²) in [5.74, 6) is 0. The lowest BCUT2D eigenvalue weighted by Crippen LogP contribution is -2.34. The molecule has 1 saturated heterocycles. The molecule has 3 heteroatoms. The molecular formula is C14H27NO2. The zero-order valence-electron chi connectivity index (χ0n) is 11.3. The Morgan fingerprint density at radius 1 is 1.35 bits per heavy atom. The molecule has 0 amide bonds. The van der Waals surface area contributed by atoms with E-state index in [4.69, 9.17) is 4.74 Å². The number of nitrogens with one attached hydrogen (secondary N) is 1. The summed E-state index contributed by atoms with van der Waals surface area (Å²) in [5.41, 5.74) is -0.387. The molecule has 2 fully saturated rings. The molecule has 0 radical (unpaired) electrons. The van der Waals surface area contributed by atoms with Gasteiger partial charge in [-0.3, -0.25) is 0 Å². The summed E-state index contributed by atoms with van der Waals surface area (Å²) in [4.78, 5) is 0. The highest BCUT2D eigenvalue weighted by Gasteiger charge is 2.43. The molecule has 1 heterocycles. The molecule has 2 N–H and O–H groups in total. The Balaban J connectivity index is 1.80. The van der Waals surface area contributed by atoms with E-state index >= 15 is 0 Å². The van der Waals surface area contributed by atoms with Gasteiger partial charge >= 0.3 is 0 Å². The molecular weight excluding hydrogens is 214 g/mol. The first-order valence-electron chi connectivity index (χ1n) is 7.10. The van der Waals surface area contributed by atoms with Crippen LogP contribution in [0.2, 0.25) is 0 Å². The van der Waals surface area contributed by atoms with E-state index in [1.54, 1.807) is 0 Å². The molecule has 2 rings (SSSR count). The SMILES string of the molecule is CNCCC(C)(O)CC1CCC2(CCCC2)O1. The van der Waals surface area contributed by atoms with Crippen LogP contribution in [-0.4, -0.2) is 36.0 Å². The first-order valence-corrected chi connectivity index (χ1v) is 7.10. The van der Waals surface area contributed by atoms with Gasteiger partial charge in [0.05, 0.1) is 17.3 Å². The van der Waals surface area contributed by atoms with E-state index < -0.39 is 5.60 Å². The normalized spacial score (nSPS) is 30.9. The minimum Gasteiger partial charge on any atom is -0.390 e. The van der Waals surface area contributed by atoms with Crippen molar-refractivity contribution in [1.29, 1.82) is 0 Å². The first kappa shape index (κ1) is 13.3. The average Bonchev–Trinajstić information content (AvgIpc) is 2.87. The van der Waals surface area contributed by atoms with Crippen molar-refractivity contribution in [3.05, 3.63) is 0 Å². The van der Waals surface area contributed by atoms with Crippen LogP contribution in [0.25, 0.3) is 0 Å². The van der Waals surface area contributed by atoms with Gasteiger partial charge in [-0.15, -0.1) is 0 Å². The fraction of sp³-hybridized carbons (Fsp3) is 1.00. The van der Waals surface area contributed by atoms with Crippen molar-refractivity contribution >= 4 is 0 Å². The van der Waals surface area contributed by atoms with Crippen molar-refractivity contribution < 1.29 is 9.84 Å². The summed E-state index contributed by atoms with van der Waals surface area (Å²) in [7, 11) is 1.93. The fourth-order valence-electron chi connectivity index (χ4n) is 3.41. The Labute approximate surface area is 105 Å². The van der Waals surface area contributed by atoms with E-state index in [-0.39, 0.29) is 11.7 Å². The number of rotatable bonds is 5. The average molecular weight is 241 g/mol. The molecule has 1 aliphatic heterocycles. The molecule has 3 nitrogen and oxygen atoms in total. The quantitative estimate of drug-likeness (QED) is 0.775. The molecule has 1 aliphatic carbocycles. The summed E-state index contributed by atoms with van der Waals surface area (Å²) < 4.78 is 6.25. The maximum Gasteiger partial charge on any atom is 0.0687 e. The molecule has 0 aromatic rings. The minimum absolute atomic E-state index is 0.198. The third kappa shape index (κ3) is 3.43. The van der Waals surface area contributed by atoms with Crippen LogP contribution in [0.5, 0.6) is 0 Å². The van der Waals surface area contributed by atoms with E-state index in [0.717, 1.165) is 25.8 Å². The Bertz CT molecular complexity index is 247. The van der Waals surface area contributed by atoms with Crippen molar-refractivity contribution in [3.8, 4) is 0 Å². The fourth-order valence-corrected chi connectivity index (χ4v) is 3.41. The number of hydrogen-bond acceptors (Lipinski definition) is 3. The summed E-state index contributed by atoms with van der Waals surface area (Å²) >= 11 is 0. The molecule has 0 bridgehead atoms. The van der Waals surface area contributed by atoms with Gasteiger partial charge in [-0.1, -0.05) is 12.8 Å². The lowest BCUT2D eigenvalue weighted by molar-refractivity contribution is -0.0727. The van der Waals surface area contributed by atoms with E-state index in [1.165, 1.54) is 32.1 Å². The summed E-state index contributed by atoms with van der Waals surface area (Å²) in [6, 6.07) is 0. The lowest BCUT2D eigenvalue weighted by Gasteiger charge is -2.29. The van der Waals surface area contributed by atoms with Gasteiger partial charge in [0, 0.05) is 6.42 Å². The van der Waals surface area contributed by atoms with Crippen molar-refractivity contribution in [2.75, 3.05) is 13.6 Å². The Hall–Kier alpha value is -0.120. The number of ether oxygens (including phenoxy) is 1. The van der Waals surface area contributed by atoms with Gasteiger partial charge in [0.15, 0.2) is 0 Å². The summed E-state index contributed by atoms with van der Waals surface area (Å²) in [5, 5.41) is 13.4. The molecule has 17 heavy (non-hydrogen) atoms. The highest BCUT2D eigenvalue weighted by atomic mass is 16.5. The second-order valence-corrected chi connectivity index (χ2v) is 6.22. The topological polar surface area (TPSA) is 41.5 Å². The Morgan fingerprint density at radius 2 is 2.06 bits per heavy atom. The highest BCUT2D eigenvalue weighted by molar-refractivity contribution is 4.94. The Morgan fingerprint density at radius 3 is 2.71 bits per heavy atom. The standard InChI is InChI=1S/C14H27NO2/c1-13(16,9-10-15-2)11-12-5-8-14(17-12)6-3-4-7-14/h12,15-16H,3-11H2,1-2H3. The smallest absolute Gasteiger partial charge is 0.0687 e. The highest BCUT2D eigenvalue weighted by Crippen LogP contribution is 2.44. The largest absolute Gasteiger partial charge is 0.390 e. The van der Waals surface area contributed by atoms with Crippen LogP contribution in [0, 0.1) is 0 Å². The second kappa shape index (κ2) is 5.25. The third-order valence-corrected chi connectivity index (χ3v) is 4.43. The van der Waals surface area contributed by atoms with Gasteiger partial charge in [-0.05, 0) is 52.6 Å². The molecule has 100 valence electrons. The van der Waals surface area contributed by atoms with Crippen molar-refractivity contribution in [3.63, 3.8) is 0 Å². The molecule has 0 aromatic heterocycles. The van der Waals surface area contributed by atoms with E-state index in [2.05, 4.69) is 5.32 Å². The summed E-state index contributed by atoms with van der Waals surface area (Å²) in [6.07, 6.45) is 9.33. The third-order valence-electron chi connectivity index (χ3n) is 4.43. The van der Waals surface area contributed by atoms with Crippen molar-refractivity contribution in [2.24, 2.45) is 0 Å². The van der Waals surface area contributed by atoms with Crippen LogP contribution in [0.3, 0.4) is 0 Å². The summed E-state index contributed by atoms with van der Waals surface area (Å²) in [6.45, 7) is 2.80. The maximum absolute atomic E-state index is 10.3. The molecule has 1 saturated carbocycles. The van der Waals surface area contributed by atoms with Crippen LogP contribution in [0.4, 0.5) is 0 Å². The zero-order valence-corrected chi connectivity index (χ0v) is 11.3. The second-order valence-electron chi connectivity index (χ2n) is 6.22. The number of aliphatic hydroxyl groups is 1. The predicted octanol–water partition coefficient (Wildman–Crippen LogP) is 2.23. The van der Waals surface area contributed by atoms with E-state index in [0.29, 0.717) is 0 Å². The van der Waals surface area contributed by atoms with Crippen LogP contribution < -0.4 is 5.32 Å². The van der Waals surface area contributed by atoms with Gasteiger partial charge in [-0.2, -0.15) is 0 Å². The van der Waals surface area contributed by atoms with Crippen LogP contribution >= 0.6 is 0 Å². The lowest BCUT2D eigenvalue weighted by atomic mass is 9.92. The molecule has 2 aliphatic rings. The van der Waals surface area contributed by atoms with E-state index in [1.807, 2.05) is 14.0 Å². The molecule has 2 atom stereocenters. The van der Waals surface area contributed by atoms with Crippen LogP contribution in [0.15, 0.2) is 0 Å². The minimum atomic E-state index is -0.586. The Kier molecular flexibility index (Phi) is 4.11. The van der Waals surface area contributed by atoms with Gasteiger partial charge in [-0.25, -0.2) is 0 Å². The first-order chi connectivity index (χ1) is 8.05. The van der Waals surface area contributed by atoms with Gasteiger partial charge in [0.1, 0.15) is 0 Å². The van der Waals surface area contributed by atoms with Gasteiger partial charge in [0.2, 0.25) is 0 Å². The van der Waals surface area contributed by atoms with Crippen molar-refractivity contribution in [2.45, 2.75) is 75.6 Å². The van der Waals surface area contributed by atoms with Gasteiger partial charge in [0.25, 0.3) is 0 Å². The monoisotopic (exact) mass is 241 g/mol. The van der Waals surface area contributed by atoms with Crippen molar-refractivity contribution in [1.82, 2.24) is 5.32 Å². The van der Waals surface area contributed by atoms with Gasteiger partial charge < -0.3 is 15.2 Å². The molecule has 2 unspecified atom stereocenters. The predicted molar refractivity (Wildman–Crippen MR) is 69.1 cm³/mol. The van der Waals surface area contributed by atoms with E-state index in [9.17, 15) is 5.11 Å². The molecule has 0 aromatic carbocycles. The van der Waals surface area contributed by atoms with Crippen LogP contribution in [-0.2, 0) is 4.74 Å².